The van der Waals surface area contributed by atoms with Gasteiger partial charge in [0.15, 0.2) is 11.6 Å². The Morgan fingerprint density at radius 2 is 1.90 bits per heavy atom. The third-order valence-corrected chi connectivity index (χ3v) is 6.91. The number of ether oxygens (including phenoxy) is 5. The highest BCUT2D eigenvalue weighted by Crippen LogP contribution is 2.49. The molecule has 2 aliphatic heterocycles. The number of hydrogen-bond acceptors (Lipinski definition) is 11. The van der Waals surface area contributed by atoms with E-state index in [0.29, 0.717) is 11.2 Å². The first-order chi connectivity index (χ1) is 19.8. The molecule has 13 nitrogen and oxygen atoms in total. The summed E-state index contributed by atoms with van der Waals surface area (Å²) in [7, 11) is 0. The lowest BCUT2D eigenvalue weighted by Crippen LogP contribution is -2.46. The monoisotopic (exact) mass is 578 g/mol. The minimum atomic E-state index is -1.67. The first-order valence-corrected chi connectivity index (χ1v) is 13.6. The molecule has 222 valence electrons. The van der Waals surface area contributed by atoms with E-state index in [1.165, 1.54) is 10.8 Å². The second-order valence-electron chi connectivity index (χ2n) is 11.7. The lowest BCUT2D eigenvalue weighted by atomic mass is 9.92. The Morgan fingerprint density at radius 3 is 2.60 bits per heavy atom. The van der Waals surface area contributed by atoms with Gasteiger partial charge in [0.25, 0.3) is 0 Å². The molecule has 2 fully saturated rings. The summed E-state index contributed by atoms with van der Waals surface area (Å²) >= 11 is 0. The Hall–Kier alpha value is -4.25. The fourth-order valence-electron chi connectivity index (χ4n) is 5.22. The number of nitrogen functional groups attached to an aromatic ring is 1. The van der Waals surface area contributed by atoms with Gasteiger partial charge in [-0.1, -0.05) is 30.3 Å². The summed E-state index contributed by atoms with van der Waals surface area (Å²) in [5.41, 5.74) is 5.26. The Bertz CT molecular complexity index is 1510. The van der Waals surface area contributed by atoms with Crippen molar-refractivity contribution in [3.8, 4) is 6.07 Å². The third-order valence-electron chi connectivity index (χ3n) is 6.91. The van der Waals surface area contributed by atoms with E-state index in [1.807, 2.05) is 30.3 Å². The molecule has 3 N–H and O–H groups in total. The van der Waals surface area contributed by atoms with Crippen LogP contribution in [0, 0.1) is 11.3 Å². The smallest absolute Gasteiger partial charge is 0.408 e. The van der Waals surface area contributed by atoms with Crippen LogP contribution in [0.1, 0.15) is 45.9 Å². The van der Waals surface area contributed by atoms with Crippen LogP contribution in [-0.4, -0.2) is 69.0 Å². The zero-order chi connectivity index (χ0) is 30.3. The molecule has 5 rings (SSSR count). The highest BCUT2D eigenvalue weighted by molar-refractivity contribution is 5.81. The molecule has 2 aromatic heterocycles. The van der Waals surface area contributed by atoms with Crippen molar-refractivity contribution in [1.29, 1.82) is 5.26 Å². The number of nitriles is 1. The molecule has 13 heteroatoms. The molecule has 2 aliphatic rings. The van der Waals surface area contributed by atoms with Crippen LogP contribution in [0.15, 0.2) is 48.8 Å². The number of aromatic nitrogens is 3. The summed E-state index contributed by atoms with van der Waals surface area (Å²) in [6.07, 6.45) is -1.83. The lowest BCUT2D eigenvalue weighted by molar-refractivity contribution is -0.207. The lowest BCUT2D eigenvalue weighted by Gasteiger charge is -2.29. The zero-order valence-electron chi connectivity index (χ0n) is 24.1. The maximum atomic E-state index is 13.4. The number of esters is 1. The van der Waals surface area contributed by atoms with E-state index in [4.69, 9.17) is 29.4 Å². The molecule has 5 atom stereocenters. The van der Waals surface area contributed by atoms with Gasteiger partial charge < -0.3 is 34.7 Å². The minimum absolute atomic E-state index is 0.169. The summed E-state index contributed by atoms with van der Waals surface area (Å²) in [5, 5.41) is 17.4. The fraction of sp³-hybridized carbons (Fsp3) is 0.483. The Labute approximate surface area is 242 Å². The number of alkyl carbamates (subject to hydrolysis) is 1. The number of fused-ring (bicyclic) bond motifs is 2. The van der Waals surface area contributed by atoms with Crippen molar-refractivity contribution in [3.05, 3.63) is 60.0 Å². The maximum absolute atomic E-state index is 13.4. The number of anilines is 1. The van der Waals surface area contributed by atoms with Gasteiger partial charge in [-0.25, -0.2) is 19.1 Å². The largest absolute Gasteiger partial charge is 0.461 e. The molecule has 2 saturated heterocycles. The quantitative estimate of drug-likeness (QED) is 0.395. The first kappa shape index (κ1) is 29.2. The average Bonchev–Trinajstić information content (AvgIpc) is 3.57. The predicted molar refractivity (Wildman–Crippen MR) is 148 cm³/mol. The summed E-state index contributed by atoms with van der Waals surface area (Å²) in [5.74, 6) is -1.51. The predicted octanol–water partition coefficient (Wildman–Crippen LogP) is 2.63. The first-order valence-electron chi connectivity index (χ1n) is 13.6. The number of nitrogens with one attached hydrogen (secondary N) is 1. The number of rotatable bonds is 7. The molecule has 42 heavy (non-hydrogen) atoms. The Balaban J connectivity index is 1.38. The molecule has 0 spiro atoms. The van der Waals surface area contributed by atoms with E-state index in [9.17, 15) is 14.9 Å². The summed E-state index contributed by atoms with van der Waals surface area (Å²) < 4.78 is 31.2. The van der Waals surface area contributed by atoms with E-state index in [1.54, 1.807) is 46.8 Å². The van der Waals surface area contributed by atoms with Crippen molar-refractivity contribution in [2.45, 2.75) is 82.4 Å². The van der Waals surface area contributed by atoms with Crippen LogP contribution in [0.2, 0.25) is 0 Å². The van der Waals surface area contributed by atoms with E-state index < -0.39 is 53.4 Å². The topological polar surface area (TPSA) is 172 Å². The summed E-state index contributed by atoms with van der Waals surface area (Å²) in [4.78, 5) is 30.0. The van der Waals surface area contributed by atoms with Gasteiger partial charge in [-0.15, -0.1) is 0 Å². The number of benzene rings is 1. The van der Waals surface area contributed by atoms with Gasteiger partial charge in [0.05, 0.1) is 5.69 Å². The van der Waals surface area contributed by atoms with E-state index in [2.05, 4.69) is 21.5 Å². The van der Waals surface area contributed by atoms with Crippen LogP contribution < -0.4 is 11.1 Å². The zero-order valence-corrected chi connectivity index (χ0v) is 24.1. The van der Waals surface area contributed by atoms with Gasteiger partial charge in [-0.05, 0) is 52.3 Å². The molecule has 3 aromatic rings. The van der Waals surface area contributed by atoms with Crippen molar-refractivity contribution in [3.63, 3.8) is 0 Å². The summed E-state index contributed by atoms with van der Waals surface area (Å²) in [6, 6.07) is 13.8. The number of amides is 1. The Morgan fingerprint density at radius 1 is 1.17 bits per heavy atom. The van der Waals surface area contributed by atoms with E-state index in [0.717, 1.165) is 5.56 Å². The van der Waals surface area contributed by atoms with Gasteiger partial charge in [-0.2, -0.15) is 10.4 Å². The molecule has 0 radical (unpaired) electrons. The molecular weight excluding hydrogens is 544 g/mol. The van der Waals surface area contributed by atoms with Gasteiger partial charge in [0, 0.05) is 6.42 Å². The van der Waals surface area contributed by atoms with E-state index >= 15 is 0 Å². The number of nitrogens with two attached hydrogens (primary N) is 1. The van der Waals surface area contributed by atoms with Crippen LogP contribution >= 0.6 is 0 Å². The molecule has 0 saturated carbocycles. The van der Waals surface area contributed by atoms with Gasteiger partial charge in [0.1, 0.15) is 54.5 Å². The number of hydrogen-bond donors (Lipinski definition) is 2. The fourth-order valence-corrected chi connectivity index (χ4v) is 5.22. The summed E-state index contributed by atoms with van der Waals surface area (Å²) in [6.45, 7) is 8.37. The van der Waals surface area contributed by atoms with Crippen LogP contribution in [0.5, 0.6) is 0 Å². The second kappa shape index (κ2) is 10.9. The van der Waals surface area contributed by atoms with Gasteiger partial charge in [0.2, 0.25) is 5.60 Å². The van der Waals surface area contributed by atoms with Crippen molar-refractivity contribution >= 4 is 23.4 Å². The van der Waals surface area contributed by atoms with Crippen molar-refractivity contribution in [1.82, 2.24) is 19.9 Å². The molecule has 4 heterocycles. The standard InChI is InChI=1S/C29H34N6O7/c1-27(2,3)42-26(37)34-18(13-17-9-7-6-8-10-17)25(36)38-14-20-22-23(41-28(4,5)40-22)29(15-30,39-20)21-12-11-19-24(31)32-16-33-35(19)21/h6-12,16,18,20,22-23H,13-14H2,1-5H3,(H,34,37)(H2,31,32,33)/t18-,20+,22+,23+,29-/m0/s1. The normalized spacial score (nSPS) is 25.4. The highest BCUT2D eigenvalue weighted by atomic mass is 16.8. The molecular formula is C29H34N6O7. The van der Waals surface area contributed by atoms with E-state index in [-0.39, 0.29) is 18.8 Å². The molecule has 0 unspecified atom stereocenters. The van der Waals surface area contributed by atoms with Crippen LogP contribution in [0.25, 0.3) is 5.52 Å². The van der Waals surface area contributed by atoms with Crippen LogP contribution in [0.3, 0.4) is 0 Å². The third kappa shape index (κ3) is 5.74. The van der Waals surface area contributed by atoms with Crippen molar-refractivity contribution in [2.75, 3.05) is 12.3 Å². The minimum Gasteiger partial charge on any atom is -0.461 e. The Kier molecular flexibility index (Phi) is 7.57. The number of nitrogens with zero attached hydrogens (tertiary/aromatic N) is 4. The second-order valence-corrected chi connectivity index (χ2v) is 11.7. The molecule has 1 amide bonds. The highest BCUT2D eigenvalue weighted by Gasteiger charge is 2.65. The number of carbonyl (C=O) groups is 2. The van der Waals surface area contributed by atoms with Crippen LogP contribution in [0.4, 0.5) is 10.6 Å². The number of carbonyl (C=O) groups excluding carboxylic acids is 2. The molecule has 1 aromatic carbocycles. The van der Waals surface area contributed by atoms with Gasteiger partial charge >= 0.3 is 12.1 Å². The maximum Gasteiger partial charge on any atom is 0.408 e. The van der Waals surface area contributed by atoms with Gasteiger partial charge in [-0.3, -0.25) is 0 Å². The van der Waals surface area contributed by atoms with Crippen molar-refractivity contribution in [2.24, 2.45) is 0 Å². The van der Waals surface area contributed by atoms with Crippen molar-refractivity contribution < 1.29 is 33.3 Å². The molecule has 0 bridgehead atoms. The average molecular weight is 579 g/mol. The SMILES string of the molecule is CC(C)(C)OC(=O)N[C@@H](Cc1ccccc1)C(=O)OC[C@H]1O[C@@](C#N)(c2ccc3c(N)ncnn23)[C@@H]2OC(C)(C)O[C@@H]21. The molecule has 0 aliphatic carbocycles. The van der Waals surface area contributed by atoms with Crippen LogP contribution in [-0.2, 0) is 40.5 Å².